The maximum absolute atomic E-state index is 12.9. The van der Waals surface area contributed by atoms with Crippen LogP contribution in [0.2, 0.25) is 0 Å². The molecule has 0 aromatic carbocycles. The van der Waals surface area contributed by atoms with Gasteiger partial charge in [-0.05, 0) is 33.8 Å². The molecule has 0 aliphatic heterocycles. The van der Waals surface area contributed by atoms with Gasteiger partial charge in [0.15, 0.2) is 0 Å². The van der Waals surface area contributed by atoms with E-state index in [9.17, 15) is 18.3 Å². The number of pyridine rings is 1. The Morgan fingerprint density at radius 3 is 2.21 bits per heavy atom. The van der Waals surface area contributed by atoms with Crippen molar-refractivity contribution < 1.29 is 18.3 Å². The van der Waals surface area contributed by atoms with Gasteiger partial charge in [0.05, 0.1) is 5.56 Å². The van der Waals surface area contributed by atoms with Crippen molar-refractivity contribution >= 4 is 0 Å². The molecule has 0 spiro atoms. The van der Waals surface area contributed by atoms with Crippen molar-refractivity contribution in [3.63, 3.8) is 0 Å². The minimum absolute atomic E-state index is 0.00523. The molecule has 0 amide bonds. The molecule has 0 saturated heterocycles. The summed E-state index contributed by atoms with van der Waals surface area (Å²) in [6.07, 6.45) is -2.38. The Bertz CT molecular complexity index is 436. The van der Waals surface area contributed by atoms with E-state index in [1.807, 2.05) is 20.8 Å². The lowest BCUT2D eigenvalue weighted by Gasteiger charge is -2.31. The van der Waals surface area contributed by atoms with Gasteiger partial charge in [-0.2, -0.15) is 13.2 Å². The second-order valence-corrected chi connectivity index (χ2v) is 5.80. The topological polar surface area (TPSA) is 45.1 Å². The van der Waals surface area contributed by atoms with Crippen LogP contribution in [0.4, 0.5) is 13.2 Å². The van der Waals surface area contributed by atoms with Gasteiger partial charge >= 0.3 is 6.18 Å². The summed E-state index contributed by atoms with van der Waals surface area (Å²) in [7, 11) is 0. The van der Waals surface area contributed by atoms with Gasteiger partial charge in [-0.3, -0.25) is 4.98 Å². The van der Waals surface area contributed by atoms with Crippen molar-refractivity contribution in [2.45, 2.75) is 45.0 Å². The Morgan fingerprint density at radius 1 is 1.16 bits per heavy atom. The average Bonchev–Trinajstić information content (AvgIpc) is 2.25. The Morgan fingerprint density at radius 2 is 1.74 bits per heavy atom. The Balaban J connectivity index is 3.08. The normalized spacial score (nSPS) is 16.2. The smallest absolute Gasteiger partial charge is 0.384 e. The maximum atomic E-state index is 12.9. The van der Waals surface area contributed by atoms with Gasteiger partial charge in [-0.25, -0.2) is 0 Å². The average molecular weight is 276 g/mol. The van der Waals surface area contributed by atoms with E-state index in [1.165, 1.54) is 6.92 Å². The number of halogens is 3. The van der Waals surface area contributed by atoms with Gasteiger partial charge in [0.25, 0.3) is 0 Å². The second kappa shape index (κ2) is 5.09. The molecule has 19 heavy (non-hydrogen) atoms. The zero-order valence-electron chi connectivity index (χ0n) is 11.5. The summed E-state index contributed by atoms with van der Waals surface area (Å²) in [5.74, 6) is 0. The predicted octanol–water partition coefficient (Wildman–Crippen LogP) is 2.70. The first-order valence-corrected chi connectivity index (χ1v) is 5.92. The van der Waals surface area contributed by atoms with Crippen molar-refractivity contribution in [3.8, 4) is 0 Å². The fraction of sp³-hybridized carbons (Fsp3) is 0.615. The van der Waals surface area contributed by atoms with Crippen LogP contribution in [-0.2, 0) is 11.8 Å². The zero-order chi connectivity index (χ0) is 14.9. The predicted molar refractivity (Wildman–Crippen MR) is 66.6 cm³/mol. The standard InChI is InChI=1S/C13H19F3N2O/c1-11(2,3)18-8-12(4,19)10-7-17-6-5-9(10)13(14,15)16/h5-7,18-19H,8H2,1-4H3. The highest BCUT2D eigenvalue weighted by molar-refractivity contribution is 5.31. The summed E-state index contributed by atoms with van der Waals surface area (Å²) in [4.78, 5) is 3.68. The highest BCUT2D eigenvalue weighted by Gasteiger charge is 2.39. The quantitative estimate of drug-likeness (QED) is 0.892. The highest BCUT2D eigenvalue weighted by atomic mass is 19.4. The van der Waals surface area contributed by atoms with E-state index < -0.39 is 17.3 Å². The first-order valence-electron chi connectivity index (χ1n) is 5.92. The number of rotatable bonds is 3. The Kier molecular flexibility index (Phi) is 4.27. The van der Waals surface area contributed by atoms with Crippen LogP contribution in [0.15, 0.2) is 18.5 Å². The lowest BCUT2D eigenvalue weighted by molar-refractivity contribution is -0.140. The number of alkyl halides is 3. The van der Waals surface area contributed by atoms with Gasteiger partial charge in [0, 0.05) is 30.0 Å². The molecule has 0 aliphatic carbocycles. The molecule has 1 heterocycles. The van der Waals surface area contributed by atoms with Crippen LogP contribution >= 0.6 is 0 Å². The second-order valence-electron chi connectivity index (χ2n) is 5.80. The summed E-state index contributed by atoms with van der Waals surface area (Å²) in [6.45, 7) is 6.97. The summed E-state index contributed by atoms with van der Waals surface area (Å²) < 4.78 is 38.7. The third-order valence-electron chi connectivity index (χ3n) is 2.67. The van der Waals surface area contributed by atoms with Crippen LogP contribution in [0.1, 0.15) is 38.8 Å². The molecule has 3 nitrogen and oxygen atoms in total. The van der Waals surface area contributed by atoms with Crippen LogP contribution in [0.25, 0.3) is 0 Å². The molecule has 1 aromatic rings. The molecule has 6 heteroatoms. The molecule has 0 saturated carbocycles. The van der Waals surface area contributed by atoms with E-state index in [4.69, 9.17) is 0 Å². The first-order chi connectivity index (χ1) is 8.43. The molecular formula is C13H19F3N2O. The number of aliphatic hydroxyl groups is 1. The van der Waals surface area contributed by atoms with Crippen molar-refractivity contribution in [3.05, 3.63) is 29.6 Å². The molecule has 0 fully saturated rings. The third kappa shape index (κ3) is 4.47. The number of nitrogens with one attached hydrogen (secondary N) is 1. The number of nitrogens with zero attached hydrogens (tertiary/aromatic N) is 1. The number of β-amino-alcohol motifs (C(OH)–C–C–N with tert-alkyl or cyclic N) is 1. The Hall–Kier alpha value is -1.14. The van der Waals surface area contributed by atoms with E-state index in [0.717, 1.165) is 18.5 Å². The lowest BCUT2D eigenvalue weighted by Crippen LogP contribution is -2.45. The van der Waals surface area contributed by atoms with E-state index in [0.29, 0.717) is 0 Å². The molecule has 0 bridgehead atoms. The van der Waals surface area contributed by atoms with Gasteiger partial charge in [0.1, 0.15) is 5.60 Å². The van der Waals surface area contributed by atoms with Gasteiger partial charge < -0.3 is 10.4 Å². The molecule has 1 unspecified atom stereocenters. The number of aromatic nitrogens is 1. The summed E-state index contributed by atoms with van der Waals surface area (Å²) in [6, 6.07) is 0.876. The van der Waals surface area contributed by atoms with Gasteiger partial charge in [-0.15, -0.1) is 0 Å². The molecule has 1 rings (SSSR count). The first kappa shape index (κ1) is 15.9. The zero-order valence-corrected chi connectivity index (χ0v) is 11.5. The SMILES string of the molecule is CC(C)(C)NCC(C)(O)c1cnccc1C(F)(F)F. The van der Waals surface area contributed by atoms with Gasteiger partial charge in [-0.1, -0.05) is 0 Å². The van der Waals surface area contributed by atoms with Crippen LogP contribution in [-0.4, -0.2) is 22.2 Å². The molecule has 108 valence electrons. The van der Waals surface area contributed by atoms with Crippen LogP contribution in [0.3, 0.4) is 0 Å². The van der Waals surface area contributed by atoms with Crippen LogP contribution < -0.4 is 5.32 Å². The van der Waals surface area contributed by atoms with E-state index in [-0.39, 0.29) is 17.6 Å². The third-order valence-corrected chi connectivity index (χ3v) is 2.67. The summed E-state index contributed by atoms with van der Waals surface area (Å²) in [5.41, 5.74) is -3.03. The van der Waals surface area contributed by atoms with Crippen LogP contribution in [0.5, 0.6) is 0 Å². The van der Waals surface area contributed by atoms with E-state index in [2.05, 4.69) is 10.3 Å². The van der Waals surface area contributed by atoms with Crippen molar-refractivity contribution in [2.24, 2.45) is 0 Å². The lowest BCUT2D eigenvalue weighted by atomic mass is 9.92. The monoisotopic (exact) mass is 276 g/mol. The van der Waals surface area contributed by atoms with E-state index >= 15 is 0 Å². The molecular weight excluding hydrogens is 257 g/mol. The van der Waals surface area contributed by atoms with Gasteiger partial charge in [0.2, 0.25) is 0 Å². The fourth-order valence-corrected chi connectivity index (χ4v) is 1.60. The largest absolute Gasteiger partial charge is 0.416 e. The molecule has 2 N–H and O–H groups in total. The van der Waals surface area contributed by atoms with Crippen molar-refractivity contribution in [2.75, 3.05) is 6.54 Å². The Labute approximate surface area is 110 Å². The van der Waals surface area contributed by atoms with Crippen LogP contribution in [0, 0.1) is 0 Å². The fourth-order valence-electron chi connectivity index (χ4n) is 1.60. The molecule has 1 atom stereocenters. The maximum Gasteiger partial charge on any atom is 0.416 e. The molecule has 1 aromatic heterocycles. The minimum Gasteiger partial charge on any atom is -0.384 e. The minimum atomic E-state index is -4.51. The molecule has 0 radical (unpaired) electrons. The summed E-state index contributed by atoms with van der Waals surface area (Å²) in [5, 5.41) is 13.3. The summed E-state index contributed by atoms with van der Waals surface area (Å²) >= 11 is 0. The van der Waals surface area contributed by atoms with Crippen molar-refractivity contribution in [1.82, 2.24) is 10.3 Å². The highest BCUT2D eigenvalue weighted by Crippen LogP contribution is 2.36. The molecule has 0 aliphatic rings. The number of hydrogen-bond donors (Lipinski definition) is 2. The number of hydrogen-bond acceptors (Lipinski definition) is 3. The van der Waals surface area contributed by atoms with Crippen molar-refractivity contribution in [1.29, 1.82) is 0 Å². The van der Waals surface area contributed by atoms with E-state index in [1.54, 1.807) is 0 Å².